The van der Waals surface area contributed by atoms with Gasteiger partial charge in [0, 0.05) is 5.41 Å². The van der Waals surface area contributed by atoms with E-state index in [2.05, 4.69) is 4.99 Å². The lowest BCUT2D eigenvalue weighted by molar-refractivity contribution is 0.197. The summed E-state index contributed by atoms with van der Waals surface area (Å²) in [6.45, 7) is 3.99. The van der Waals surface area contributed by atoms with Crippen molar-refractivity contribution in [3.05, 3.63) is 24.0 Å². The second-order valence-electron chi connectivity index (χ2n) is 3.44. The first-order valence-electron chi connectivity index (χ1n) is 3.80. The number of carbonyl (C=O) groups is 1. The van der Waals surface area contributed by atoms with E-state index < -0.39 is 6.09 Å². The highest BCUT2D eigenvalue weighted by Crippen LogP contribution is 2.31. The van der Waals surface area contributed by atoms with Crippen LogP contribution in [0.25, 0.3) is 0 Å². The number of nitrogens with zero attached hydrogens (tertiary/aromatic N) is 1. The van der Waals surface area contributed by atoms with Crippen molar-refractivity contribution >= 4 is 11.8 Å². The van der Waals surface area contributed by atoms with E-state index in [0.29, 0.717) is 5.76 Å². The number of hydrogen-bond donors (Lipinski definition) is 0. The van der Waals surface area contributed by atoms with E-state index in [1.54, 1.807) is 6.08 Å². The van der Waals surface area contributed by atoms with E-state index in [4.69, 9.17) is 4.74 Å². The van der Waals surface area contributed by atoms with Gasteiger partial charge in [0.15, 0.2) is 5.76 Å². The molecule has 0 aromatic carbocycles. The third-order valence-corrected chi connectivity index (χ3v) is 2.00. The fraction of sp³-hybridized carbons (Fsp3) is 0.333. The second-order valence-corrected chi connectivity index (χ2v) is 3.44. The fourth-order valence-electron chi connectivity index (χ4n) is 1.34. The number of aliphatic imine (C=N–C) groups is 1. The molecule has 62 valence electrons. The van der Waals surface area contributed by atoms with Gasteiger partial charge in [0.1, 0.15) is 5.71 Å². The van der Waals surface area contributed by atoms with Crippen molar-refractivity contribution in [1.29, 1.82) is 0 Å². The van der Waals surface area contributed by atoms with Crippen LogP contribution in [-0.4, -0.2) is 11.8 Å². The molecule has 0 aromatic rings. The summed E-state index contributed by atoms with van der Waals surface area (Å²) in [4.78, 5) is 14.6. The van der Waals surface area contributed by atoms with Crippen LogP contribution in [0, 0.1) is 5.41 Å². The number of ether oxygens (including phenoxy) is 1. The van der Waals surface area contributed by atoms with Crippen LogP contribution in [0.2, 0.25) is 0 Å². The van der Waals surface area contributed by atoms with E-state index >= 15 is 0 Å². The van der Waals surface area contributed by atoms with E-state index in [1.807, 2.05) is 26.0 Å². The topological polar surface area (TPSA) is 38.7 Å². The normalized spacial score (nSPS) is 24.3. The first-order valence-corrected chi connectivity index (χ1v) is 3.80. The van der Waals surface area contributed by atoms with Gasteiger partial charge >= 0.3 is 6.09 Å². The summed E-state index contributed by atoms with van der Waals surface area (Å²) in [6, 6.07) is 0. The highest BCUT2D eigenvalue weighted by molar-refractivity contribution is 6.13. The minimum Gasteiger partial charge on any atom is -0.407 e. The molecular formula is C9H9NO2. The van der Waals surface area contributed by atoms with Gasteiger partial charge in [0.2, 0.25) is 0 Å². The smallest absolute Gasteiger partial charge is 0.407 e. The Balaban J connectivity index is 2.51. The zero-order valence-electron chi connectivity index (χ0n) is 7.00. The van der Waals surface area contributed by atoms with Crippen LogP contribution >= 0.6 is 0 Å². The van der Waals surface area contributed by atoms with Crippen LogP contribution in [0.15, 0.2) is 29.0 Å². The summed E-state index contributed by atoms with van der Waals surface area (Å²) < 4.78 is 4.87. The van der Waals surface area contributed by atoms with Gasteiger partial charge in [-0.2, -0.15) is 4.99 Å². The van der Waals surface area contributed by atoms with Crippen molar-refractivity contribution in [2.24, 2.45) is 10.4 Å². The first kappa shape index (κ1) is 7.28. The Kier molecular flexibility index (Phi) is 1.25. The standard InChI is InChI=1S/C9H9NO2/c1-9(2)5-3-4-6-7(9)10-8(11)12-6/h3-5H,1-2H3. The van der Waals surface area contributed by atoms with Crippen molar-refractivity contribution in [3.63, 3.8) is 0 Å². The molecule has 1 aliphatic heterocycles. The van der Waals surface area contributed by atoms with E-state index in [-0.39, 0.29) is 5.41 Å². The molecule has 0 fully saturated rings. The van der Waals surface area contributed by atoms with Gasteiger partial charge in [-0.05, 0) is 6.08 Å². The Morgan fingerprint density at radius 3 is 2.92 bits per heavy atom. The molecule has 1 heterocycles. The summed E-state index contributed by atoms with van der Waals surface area (Å²) >= 11 is 0. The third-order valence-electron chi connectivity index (χ3n) is 2.00. The lowest BCUT2D eigenvalue weighted by atomic mass is 9.83. The molecule has 0 radical (unpaired) electrons. The minimum absolute atomic E-state index is 0.184. The van der Waals surface area contributed by atoms with Crippen molar-refractivity contribution in [2.75, 3.05) is 0 Å². The minimum atomic E-state index is -0.506. The Hall–Kier alpha value is -1.38. The molecule has 0 aromatic heterocycles. The largest absolute Gasteiger partial charge is 0.439 e. The molecule has 0 N–H and O–H groups in total. The maximum atomic E-state index is 10.8. The average molecular weight is 163 g/mol. The predicted molar refractivity (Wildman–Crippen MR) is 44.9 cm³/mol. The van der Waals surface area contributed by atoms with Crippen molar-refractivity contribution in [2.45, 2.75) is 13.8 Å². The molecule has 12 heavy (non-hydrogen) atoms. The van der Waals surface area contributed by atoms with Crippen LogP contribution in [0.3, 0.4) is 0 Å². The van der Waals surface area contributed by atoms with Crippen molar-refractivity contribution in [3.8, 4) is 0 Å². The van der Waals surface area contributed by atoms with Gasteiger partial charge in [-0.3, -0.25) is 0 Å². The van der Waals surface area contributed by atoms with Gasteiger partial charge in [-0.1, -0.05) is 26.0 Å². The van der Waals surface area contributed by atoms with E-state index in [1.165, 1.54) is 0 Å². The molecular weight excluding hydrogens is 154 g/mol. The van der Waals surface area contributed by atoms with Gasteiger partial charge in [-0.25, -0.2) is 4.79 Å². The second kappa shape index (κ2) is 2.06. The highest BCUT2D eigenvalue weighted by Gasteiger charge is 2.34. The first-order chi connectivity index (χ1) is 5.59. The average Bonchev–Trinajstić information content (AvgIpc) is 2.30. The molecule has 2 aliphatic rings. The Labute approximate surface area is 70.4 Å². The fourth-order valence-corrected chi connectivity index (χ4v) is 1.34. The number of fused-ring (bicyclic) bond motifs is 1. The molecule has 1 amide bonds. The Bertz CT molecular complexity index is 334. The molecule has 0 bridgehead atoms. The summed E-state index contributed by atoms with van der Waals surface area (Å²) in [7, 11) is 0. The number of rotatable bonds is 0. The van der Waals surface area contributed by atoms with Gasteiger partial charge in [-0.15, -0.1) is 0 Å². The van der Waals surface area contributed by atoms with Gasteiger partial charge in [0.25, 0.3) is 0 Å². The van der Waals surface area contributed by atoms with Crippen LogP contribution in [0.1, 0.15) is 13.8 Å². The van der Waals surface area contributed by atoms with Gasteiger partial charge < -0.3 is 4.74 Å². The SMILES string of the molecule is CC1(C)C=CC=C2OC(=O)N=C21. The molecule has 3 heteroatoms. The van der Waals surface area contributed by atoms with Crippen LogP contribution in [0.4, 0.5) is 4.79 Å². The van der Waals surface area contributed by atoms with E-state index in [0.717, 1.165) is 5.71 Å². The Morgan fingerprint density at radius 2 is 2.25 bits per heavy atom. The summed E-state index contributed by atoms with van der Waals surface area (Å²) in [5.41, 5.74) is 0.547. The highest BCUT2D eigenvalue weighted by atomic mass is 16.6. The summed E-state index contributed by atoms with van der Waals surface area (Å²) in [5.74, 6) is 0.590. The Morgan fingerprint density at radius 1 is 1.50 bits per heavy atom. The summed E-state index contributed by atoms with van der Waals surface area (Å²) in [6.07, 6.45) is 5.13. The van der Waals surface area contributed by atoms with Crippen LogP contribution < -0.4 is 0 Å². The third kappa shape index (κ3) is 0.897. The molecule has 0 unspecified atom stereocenters. The molecule has 0 atom stereocenters. The van der Waals surface area contributed by atoms with Crippen molar-refractivity contribution < 1.29 is 9.53 Å². The zero-order chi connectivity index (χ0) is 8.77. The maximum absolute atomic E-state index is 10.8. The van der Waals surface area contributed by atoms with Crippen LogP contribution in [-0.2, 0) is 4.74 Å². The monoisotopic (exact) mass is 163 g/mol. The van der Waals surface area contributed by atoms with E-state index in [9.17, 15) is 4.79 Å². The van der Waals surface area contributed by atoms with Crippen LogP contribution in [0.5, 0.6) is 0 Å². The lowest BCUT2D eigenvalue weighted by Gasteiger charge is -2.21. The zero-order valence-corrected chi connectivity index (χ0v) is 7.00. The quantitative estimate of drug-likeness (QED) is 0.548. The lowest BCUT2D eigenvalue weighted by Crippen LogP contribution is -2.23. The summed E-state index contributed by atoms with van der Waals surface area (Å²) in [5, 5.41) is 0. The number of carbonyl (C=O) groups excluding carboxylic acids is 1. The molecule has 0 spiro atoms. The molecule has 2 rings (SSSR count). The predicted octanol–water partition coefficient (Wildman–Crippen LogP) is 2.06. The van der Waals surface area contributed by atoms with Crippen molar-refractivity contribution in [1.82, 2.24) is 0 Å². The van der Waals surface area contributed by atoms with Gasteiger partial charge in [0.05, 0.1) is 0 Å². The number of hydrogen-bond acceptors (Lipinski definition) is 2. The number of amides is 1. The molecule has 3 nitrogen and oxygen atoms in total. The molecule has 0 saturated heterocycles. The maximum Gasteiger partial charge on any atom is 0.439 e. The number of allylic oxidation sites excluding steroid dienone is 4. The molecule has 1 aliphatic carbocycles. The molecule has 0 saturated carbocycles.